The van der Waals surface area contributed by atoms with E-state index in [2.05, 4.69) is 10.6 Å². The van der Waals surface area contributed by atoms with E-state index in [4.69, 9.17) is 4.74 Å². The van der Waals surface area contributed by atoms with Crippen LogP contribution in [0.15, 0.2) is 48.5 Å². The number of nitrogens with zero attached hydrogens (tertiary/aromatic N) is 2. The average Bonchev–Trinajstić information content (AvgIpc) is 2.73. The van der Waals surface area contributed by atoms with Crippen LogP contribution in [0, 0.1) is 20.2 Å². The number of carbonyl (C=O) groups excluding carboxylic acids is 3. The minimum Gasteiger partial charge on any atom is -0.451 e. The van der Waals surface area contributed by atoms with Gasteiger partial charge in [0.05, 0.1) is 9.85 Å². The first-order chi connectivity index (χ1) is 14.6. The van der Waals surface area contributed by atoms with E-state index in [-0.39, 0.29) is 22.6 Å². The van der Waals surface area contributed by atoms with Gasteiger partial charge in [-0.2, -0.15) is 0 Å². The first kappa shape index (κ1) is 22.9. The van der Waals surface area contributed by atoms with E-state index < -0.39 is 39.8 Å². The maximum Gasteiger partial charge on any atom is 0.329 e. The van der Waals surface area contributed by atoms with E-state index in [1.54, 1.807) is 0 Å². The molecule has 12 nitrogen and oxygen atoms in total. The maximum absolute atomic E-state index is 12.2. The number of nitro benzene ring substituents is 2. The Morgan fingerprint density at radius 2 is 1.52 bits per heavy atom. The molecule has 0 aliphatic heterocycles. The summed E-state index contributed by atoms with van der Waals surface area (Å²) in [6, 6.07) is 9.01. The van der Waals surface area contributed by atoms with Gasteiger partial charge in [-0.05, 0) is 26.0 Å². The lowest BCUT2D eigenvalue weighted by Crippen LogP contribution is -2.42. The van der Waals surface area contributed by atoms with Crippen molar-refractivity contribution in [2.24, 2.45) is 0 Å². The van der Waals surface area contributed by atoms with Crippen LogP contribution in [0.2, 0.25) is 0 Å². The Kier molecular flexibility index (Phi) is 7.33. The molecule has 31 heavy (non-hydrogen) atoms. The third-order valence-electron chi connectivity index (χ3n) is 4.01. The van der Waals surface area contributed by atoms with Crippen LogP contribution in [0.1, 0.15) is 24.2 Å². The molecule has 0 aliphatic rings. The molecule has 2 N–H and O–H groups in total. The number of rotatable bonds is 8. The van der Waals surface area contributed by atoms with Crippen molar-refractivity contribution in [3.8, 4) is 0 Å². The summed E-state index contributed by atoms with van der Waals surface area (Å²) in [5.41, 5.74) is -0.381. The summed E-state index contributed by atoms with van der Waals surface area (Å²) in [6.45, 7) is 2.61. The molecule has 2 atom stereocenters. The Labute approximate surface area is 175 Å². The number of hydrogen-bond acceptors (Lipinski definition) is 8. The summed E-state index contributed by atoms with van der Waals surface area (Å²) in [4.78, 5) is 56.9. The zero-order chi connectivity index (χ0) is 23.1. The van der Waals surface area contributed by atoms with E-state index in [9.17, 15) is 34.6 Å². The Balaban J connectivity index is 1.94. The SMILES string of the molecule is CC(OC(=O)[C@H](C)NC(=O)c1cccc([N+](=O)[O-])c1)C(=O)Nc1cccc([N+](=O)[O-])c1. The Morgan fingerprint density at radius 1 is 0.935 bits per heavy atom. The van der Waals surface area contributed by atoms with Gasteiger partial charge in [0.2, 0.25) is 0 Å². The predicted molar refractivity (Wildman–Crippen MR) is 107 cm³/mol. The molecule has 0 heterocycles. The second-order valence-electron chi connectivity index (χ2n) is 6.38. The summed E-state index contributed by atoms with van der Waals surface area (Å²) in [6.07, 6.45) is -1.26. The van der Waals surface area contributed by atoms with Crippen molar-refractivity contribution >= 4 is 34.8 Å². The van der Waals surface area contributed by atoms with Crippen LogP contribution in [0.5, 0.6) is 0 Å². The van der Waals surface area contributed by atoms with Gasteiger partial charge in [-0.3, -0.25) is 29.8 Å². The molecule has 0 saturated carbocycles. The van der Waals surface area contributed by atoms with Crippen molar-refractivity contribution in [3.63, 3.8) is 0 Å². The molecule has 0 aliphatic carbocycles. The molecule has 0 aromatic heterocycles. The first-order valence-electron chi connectivity index (χ1n) is 8.89. The number of non-ortho nitro benzene ring substituents is 2. The van der Waals surface area contributed by atoms with Gasteiger partial charge in [0, 0.05) is 35.5 Å². The highest BCUT2D eigenvalue weighted by Gasteiger charge is 2.24. The largest absolute Gasteiger partial charge is 0.451 e. The molecule has 12 heteroatoms. The molecular formula is C19H18N4O8. The summed E-state index contributed by atoms with van der Waals surface area (Å²) in [7, 11) is 0. The highest BCUT2D eigenvalue weighted by atomic mass is 16.6. The number of hydrogen-bond donors (Lipinski definition) is 2. The van der Waals surface area contributed by atoms with Crippen LogP contribution in [0.4, 0.5) is 17.1 Å². The van der Waals surface area contributed by atoms with E-state index in [1.807, 2.05) is 0 Å². The Morgan fingerprint density at radius 3 is 2.13 bits per heavy atom. The molecule has 2 aromatic rings. The zero-order valence-electron chi connectivity index (χ0n) is 16.4. The number of esters is 1. The van der Waals surface area contributed by atoms with Crippen LogP contribution >= 0.6 is 0 Å². The summed E-state index contributed by atoms with van der Waals surface area (Å²) in [5, 5.41) is 26.3. The summed E-state index contributed by atoms with van der Waals surface area (Å²) in [5.74, 6) is -2.38. The normalized spacial score (nSPS) is 12.2. The fraction of sp³-hybridized carbons (Fsp3) is 0.211. The number of nitro groups is 2. The van der Waals surface area contributed by atoms with Gasteiger partial charge < -0.3 is 15.4 Å². The third kappa shape index (κ3) is 6.32. The first-order valence-corrected chi connectivity index (χ1v) is 8.89. The fourth-order valence-electron chi connectivity index (χ4n) is 2.37. The van der Waals surface area contributed by atoms with Gasteiger partial charge in [0.25, 0.3) is 23.2 Å². The van der Waals surface area contributed by atoms with Crippen molar-refractivity contribution in [2.75, 3.05) is 5.32 Å². The lowest BCUT2D eigenvalue weighted by Gasteiger charge is -2.17. The fourth-order valence-corrected chi connectivity index (χ4v) is 2.37. The molecule has 2 amide bonds. The smallest absolute Gasteiger partial charge is 0.329 e. The van der Waals surface area contributed by atoms with E-state index in [1.165, 1.54) is 50.2 Å². The van der Waals surface area contributed by atoms with Gasteiger partial charge in [-0.1, -0.05) is 12.1 Å². The topological polar surface area (TPSA) is 171 Å². The van der Waals surface area contributed by atoms with Crippen LogP contribution in [-0.4, -0.2) is 39.8 Å². The van der Waals surface area contributed by atoms with Gasteiger partial charge in [-0.25, -0.2) is 4.79 Å². The molecule has 162 valence electrons. The number of nitrogens with one attached hydrogen (secondary N) is 2. The Bertz CT molecular complexity index is 1040. The molecule has 1 unspecified atom stereocenters. The van der Waals surface area contributed by atoms with Crippen molar-refractivity contribution < 1.29 is 29.0 Å². The van der Waals surface area contributed by atoms with Gasteiger partial charge in [0.1, 0.15) is 6.04 Å². The number of ether oxygens (including phenoxy) is 1. The van der Waals surface area contributed by atoms with Crippen LogP contribution in [-0.2, 0) is 14.3 Å². The van der Waals surface area contributed by atoms with Crippen molar-refractivity contribution in [1.82, 2.24) is 5.32 Å². The van der Waals surface area contributed by atoms with Crippen molar-refractivity contribution in [3.05, 3.63) is 74.3 Å². The quantitative estimate of drug-likeness (QED) is 0.364. The van der Waals surface area contributed by atoms with E-state index in [0.717, 1.165) is 12.1 Å². The second kappa shape index (κ2) is 9.91. The molecule has 2 rings (SSSR count). The minimum atomic E-state index is -1.26. The van der Waals surface area contributed by atoms with Gasteiger partial charge in [0.15, 0.2) is 6.10 Å². The molecule has 0 bridgehead atoms. The maximum atomic E-state index is 12.2. The van der Waals surface area contributed by atoms with Crippen LogP contribution in [0.25, 0.3) is 0 Å². The molecule has 0 radical (unpaired) electrons. The monoisotopic (exact) mass is 430 g/mol. The van der Waals surface area contributed by atoms with Crippen molar-refractivity contribution in [2.45, 2.75) is 26.0 Å². The van der Waals surface area contributed by atoms with E-state index >= 15 is 0 Å². The second-order valence-corrected chi connectivity index (χ2v) is 6.38. The van der Waals surface area contributed by atoms with Crippen molar-refractivity contribution in [1.29, 1.82) is 0 Å². The molecule has 0 saturated heterocycles. The summed E-state index contributed by atoms with van der Waals surface area (Å²) >= 11 is 0. The van der Waals surface area contributed by atoms with Crippen LogP contribution < -0.4 is 10.6 Å². The average molecular weight is 430 g/mol. The molecule has 2 aromatic carbocycles. The molecule has 0 fully saturated rings. The predicted octanol–water partition coefficient (Wildman–Crippen LogP) is 2.19. The lowest BCUT2D eigenvalue weighted by molar-refractivity contribution is -0.385. The van der Waals surface area contributed by atoms with Gasteiger partial charge >= 0.3 is 5.97 Å². The molecule has 0 spiro atoms. The highest BCUT2D eigenvalue weighted by Crippen LogP contribution is 2.17. The summed E-state index contributed by atoms with van der Waals surface area (Å²) < 4.78 is 5.01. The number of benzene rings is 2. The standard InChI is InChI=1S/C19H18N4O8/c1-11(20-18(25)13-5-3-7-15(9-13)22(27)28)19(26)31-12(2)17(24)21-14-6-4-8-16(10-14)23(29)30/h3-12H,1-2H3,(H,20,25)(H,21,24)/t11-,12?/m0/s1. The molecular weight excluding hydrogens is 412 g/mol. The lowest BCUT2D eigenvalue weighted by atomic mass is 10.2. The van der Waals surface area contributed by atoms with Crippen LogP contribution in [0.3, 0.4) is 0 Å². The number of carbonyl (C=O) groups is 3. The van der Waals surface area contributed by atoms with Gasteiger partial charge in [-0.15, -0.1) is 0 Å². The third-order valence-corrected chi connectivity index (χ3v) is 4.01. The Hall–Kier alpha value is -4.35. The number of amides is 2. The van der Waals surface area contributed by atoms with E-state index in [0.29, 0.717) is 0 Å². The highest BCUT2D eigenvalue weighted by molar-refractivity contribution is 5.98. The minimum absolute atomic E-state index is 0.0229. The number of anilines is 1. The zero-order valence-corrected chi connectivity index (χ0v) is 16.4.